The molecule has 1 atom stereocenters. The van der Waals surface area contributed by atoms with Crippen LogP contribution in [0.25, 0.3) is 11.4 Å². The number of amides is 1. The van der Waals surface area contributed by atoms with Crippen molar-refractivity contribution < 1.29 is 18.1 Å². The fourth-order valence-electron chi connectivity index (χ4n) is 5.10. The summed E-state index contributed by atoms with van der Waals surface area (Å²) in [4.78, 5) is 21.7. The van der Waals surface area contributed by atoms with Gasteiger partial charge in [0.05, 0.1) is 12.3 Å². The normalized spacial score (nSPS) is 19.1. The van der Waals surface area contributed by atoms with Crippen LogP contribution in [0.15, 0.2) is 52.1 Å². The molecule has 8 nitrogen and oxygen atoms in total. The smallest absolute Gasteiger partial charge is 0.324 e. The first-order valence-corrected chi connectivity index (χ1v) is 12.9. The first-order valence-electron chi connectivity index (χ1n) is 12.9. The maximum absolute atomic E-state index is 13.8. The molecule has 2 aliphatic rings. The average molecular weight is 523 g/mol. The van der Waals surface area contributed by atoms with E-state index in [9.17, 15) is 13.6 Å². The molecular weight excluding hydrogens is 490 g/mol. The fourth-order valence-corrected chi connectivity index (χ4v) is 5.10. The van der Waals surface area contributed by atoms with E-state index < -0.39 is 11.6 Å². The number of aromatic nitrogens is 2. The molecule has 0 radical (unpaired) electrons. The predicted octanol–water partition coefficient (Wildman–Crippen LogP) is 4.57. The largest absolute Gasteiger partial charge is 0.327 e. The van der Waals surface area contributed by atoms with Crippen molar-refractivity contribution in [2.75, 3.05) is 38.6 Å². The van der Waals surface area contributed by atoms with E-state index in [0.717, 1.165) is 49.7 Å². The third-order valence-electron chi connectivity index (χ3n) is 7.25. The third kappa shape index (κ3) is 5.91. The van der Waals surface area contributed by atoms with Crippen molar-refractivity contribution >= 4 is 17.6 Å². The van der Waals surface area contributed by atoms with Crippen molar-refractivity contribution in [3.05, 3.63) is 65.2 Å². The van der Waals surface area contributed by atoms with Gasteiger partial charge in [-0.25, -0.2) is 13.8 Å². The number of carbonyl (C=O) groups excluding carboxylic acids is 1. The highest BCUT2D eigenvalue weighted by Crippen LogP contribution is 2.26. The zero-order valence-electron chi connectivity index (χ0n) is 21.9. The molecule has 2 aliphatic heterocycles. The molecule has 5 rings (SSSR count). The Kier molecular flexibility index (Phi) is 7.51. The fraction of sp³-hybridized carbons (Fsp3) is 0.429. The molecule has 1 saturated heterocycles. The lowest BCUT2D eigenvalue weighted by atomic mass is 9.93. The van der Waals surface area contributed by atoms with E-state index in [1.54, 1.807) is 0 Å². The summed E-state index contributed by atoms with van der Waals surface area (Å²) in [7, 11) is 4.12. The zero-order chi connectivity index (χ0) is 26.8. The summed E-state index contributed by atoms with van der Waals surface area (Å²) in [6.45, 7) is 5.10. The van der Waals surface area contributed by atoms with E-state index in [-0.39, 0.29) is 24.8 Å². The molecule has 2 aromatic carbocycles. The SMILES string of the molecule is CC1CC(=O)N(Cc2cccc(-c3noc(N(C)CC4CCN(C)CC4)n3)c2)N=C1c1cc(F)cc(F)c1. The number of hydrazone groups is 1. The summed E-state index contributed by atoms with van der Waals surface area (Å²) in [5, 5.41) is 10.0. The minimum absolute atomic E-state index is 0.152. The Morgan fingerprint density at radius 3 is 2.55 bits per heavy atom. The second-order valence-electron chi connectivity index (χ2n) is 10.4. The van der Waals surface area contributed by atoms with Crippen LogP contribution < -0.4 is 4.90 Å². The number of carbonyl (C=O) groups is 1. The molecule has 3 aromatic rings. The highest BCUT2D eigenvalue weighted by Gasteiger charge is 2.28. The van der Waals surface area contributed by atoms with E-state index in [1.807, 2.05) is 43.1 Å². The summed E-state index contributed by atoms with van der Waals surface area (Å²) >= 11 is 0. The molecule has 38 heavy (non-hydrogen) atoms. The summed E-state index contributed by atoms with van der Waals surface area (Å²) in [6.07, 6.45) is 2.50. The Labute approximate surface area is 220 Å². The molecule has 1 fully saturated rings. The van der Waals surface area contributed by atoms with Crippen LogP contribution in [-0.4, -0.2) is 65.4 Å². The lowest BCUT2D eigenvalue weighted by Crippen LogP contribution is -2.36. The van der Waals surface area contributed by atoms with Gasteiger partial charge in [0.1, 0.15) is 11.6 Å². The first-order chi connectivity index (χ1) is 18.2. The predicted molar refractivity (Wildman–Crippen MR) is 140 cm³/mol. The Bertz CT molecular complexity index is 1310. The summed E-state index contributed by atoms with van der Waals surface area (Å²) < 4.78 is 33.2. The molecule has 1 unspecified atom stereocenters. The van der Waals surface area contributed by atoms with Crippen LogP contribution in [-0.2, 0) is 11.3 Å². The van der Waals surface area contributed by atoms with Crippen LogP contribution in [0.2, 0.25) is 0 Å². The summed E-state index contributed by atoms with van der Waals surface area (Å²) in [6, 6.07) is 11.3. The van der Waals surface area contributed by atoms with Gasteiger partial charge in [0.2, 0.25) is 11.7 Å². The zero-order valence-corrected chi connectivity index (χ0v) is 21.9. The van der Waals surface area contributed by atoms with Gasteiger partial charge in [0.15, 0.2) is 0 Å². The van der Waals surface area contributed by atoms with E-state index in [2.05, 4.69) is 27.2 Å². The van der Waals surface area contributed by atoms with Crippen molar-refractivity contribution in [2.45, 2.75) is 32.7 Å². The van der Waals surface area contributed by atoms with E-state index >= 15 is 0 Å². The topological polar surface area (TPSA) is 78.1 Å². The number of nitrogens with zero attached hydrogens (tertiary/aromatic N) is 6. The van der Waals surface area contributed by atoms with E-state index in [1.165, 1.54) is 17.1 Å². The van der Waals surface area contributed by atoms with Gasteiger partial charge in [-0.1, -0.05) is 30.3 Å². The molecule has 0 bridgehead atoms. The second kappa shape index (κ2) is 11.0. The Morgan fingerprint density at radius 1 is 1.08 bits per heavy atom. The van der Waals surface area contributed by atoms with Crippen LogP contribution in [0.4, 0.5) is 14.8 Å². The van der Waals surface area contributed by atoms with Crippen LogP contribution >= 0.6 is 0 Å². The number of benzene rings is 2. The van der Waals surface area contributed by atoms with Crippen molar-refractivity contribution in [1.29, 1.82) is 0 Å². The van der Waals surface area contributed by atoms with Crippen molar-refractivity contribution in [3.8, 4) is 11.4 Å². The lowest BCUT2D eigenvalue weighted by molar-refractivity contribution is -0.133. The number of anilines is 1. The third-order valence-corrected chi connectivity index (χ3v) is 7.25. The highest BCUT2D eigenvalue weighted by atomic mass is 19.1. The van der Waals surface area contributed by atoms with Gasteiger partial charge in [-0.2, -0.15) is 10.1 Å². The van der Waals surface area contributed by atoms with Gasteiger partial charge in [-0.15, -0.1) is 0 Å². The second-order valence-corrected chi connectivity index (χ2v) is 10.4. The van der Waals surface area contributed by atoms with Crippen LogP contribution in [0, 0.1) is 23.5 Å². The van der Waals surface area contributed by atoms with Crippen molar-refractivity contribution in [1.82, 2.24) is 20.0 Å². The minimum Gasteiger partial charge on any atom is -0.327 e. The molecule has 3 heterocycles. The maximum Gasteiger partial charge on any atom is 0.324 e. The van der Waals surface area contributed by atoms with Gasteiger partial charge in [-0.05, 0) is 62.7 Å². The van der Waals surface area contributed by atoms with Gasteiger partial charge >= 0.3 is 6.01 Å². The van der Waals surface area contributed by atoms with Crippen LogP contribution in [0.3, 0.4) is 0 Å². The Hall–Kier alpha value is -3.66. The molecule has 0 aliphatic carbocycles. The Morgan fingerprint density at radius 2 is 1.82 bits per heavy atom. The van der Waals surface area contributed by atoms with Crippen molar-refractivity contribution in [2.24, 2.45) is 16.9 Å². The summed E-state index contributed by atoms with van der Waals surface area (Å²) in [5.74, 6) is -0.703. The molecule has 10 heteroatoms. The Balaban J connectivity index is 1.30. The first kappa shape index (κ1) is 26.0. The minimum atomic E-state index is -0.678. The number of likely N-dealkylation sites (tertiary alicyclic amines) is 1. The average Bonchev–Trinajstić information content (AvgIpc) is 3.37. The van der Waals surface area contributed by atoms with E-state index in [0.29, 0.717) is 29.0 Å². The van der Waals surface area contributed by atoms with Gasteiger partial charge in [-0.3, -0.25) is 4.79 Å². The maximum atomic E-state index is 13.8. The number of piperidine rings is 1. The van der Waals surface area contributed by atoms with Gasteiger partial charge < -0.3 is 14.3 Å². The molecule has 200 valence electrons. The molecule has 1 aromatic heterocycles. The highest BCUT2D eigenvalue weighted by molar-refractivity contribution is 6.05. The van der Waals surface area contributed by atoms with Gasteiger partial charge in [0.25, 0.3) is 0 Å². The molecule has 0 spiro atoms. The molecule has 0 N–H and O–H groups in total. The molecule has 0 saturated carbocycles. The summed E-state index contributed by atoms with van der Waals surface area (Å²) in [5.41, 5.74) is 2.41. The van der Waals surface area contributed by atoms with Crippen LogP contribution in [0.1, 0.15) is 37.3 Å². The quantitative estimate of drug-likeness (QED) is 0.453. The standard InChI is InChI=1S/C28H32F2N6O2/c1-18-11-25(37)36(32-26(18)22-13-23(29)15-24(30)14-22)17-20-5-4-6-21(12-20)27-31-28(38-33-27)35(3)16-19-7-9-34(2)10-8-19/h4-6,12-15,18-19H,7-11,16-17H2,1-3H3. The lowest BCUT2D eigenvalue weighted by Gasteiger charge is -2.30. The molecule has 1 amide bonds. The van der Waals surface area contributed by atoms with E-state index in [4.69, 9.17) is 4.52 Å². The number of hydrogen-bond acceptors (Lipinski definition) is 7. The molecular formula is C28H32F2N6O2. The number of rotatable bonds is 7. The van der Waals surface area contributed by atoms with Gasteiger partial charge in [0, 0.05) is 43.1 Å². The number of hydrogen-bond donors (Lipinski definition) is 0. The number of halogens is 2. The monoisotopic (exact) mass is 522 g/mol. The van der Waals surface area contributed by atoms with Crippen LogP contribution in [0.5, 0.6) is 0 Å². The van der Waals surface area contributed by atoms with Crippen molar-refractivity contribution in [3.63, 3.8) is 0 Å².